The zero-order valence-corrected chi connectivity index (χ0v) is 14.7. The first-order valence-corrected chi connectivity index (χ1v) is 9.51. The van der Waals surface area contributed by atoms with Crippen molar-refractivity contribution in [1.82, 2.24) is 5.32 Å². The summed E-state index contributed by atoms with van der Waals surface area (Å²) in [7, 11) is 0. The molecule has 1 fully saturated rings. The summed E-state index contributed by atoms with van der Waals surface area (Å²) in [6.07, 6.45) is 7.05. The van der Waals surface area contributed by atoms with Gasteiger partial charge in [0.15, 0.2) is 0 Å². The van der Waals surface area contributed by atoms with E-state index >= 15 is 0 Å². The molecule has 118 valence electrons. The Balaban J connectivity index is 1.74. The number of nitrogens with one attached hydrogen (secondary N) is 1. The van der Waals surface area contributed by atoms with E-state index in [1.54, 1.807) is 0 Å². The summed E-state index contributed by atoms with van der Waals surface area (Å²) >= 11 is 2.09. The maximum atomic E-state index is 3.51. The third-order valence-corrected chi connectivity index (χ3v) is 5.83. The maximum Gasteiger partial charge on any atom is 0.0205 e. The molecule has 0 bridgehead atoms. The van der Waals surface area contributed by atoms with Gasteiger partial charge in [0.25, 0.3) is 0 Å². The Labute approximate surface area is 135 Å². The van der Waals surface area contributed by atoms with E-state index in [0.29, 0.717) is 0 Å². The van der Waals surface area contributed by atoms with Gasteiger partial charge in [-0.15, -0.1) is 11.8 Å². The summed E-state index contributed by atoms with van der Waals surface area (Å²) in [4.78, 5) is 1.45. The first kappa shape index (κ1) is 16.9. The predicted molar refractivity (Wildman–Crippen MR) is 94.9 cm³/mol. The molecule has 1 nitrogen and oxygen atoms in total. The molecule has 1 N–H and O–H groups in total. The molecular weight excluding hydrogens is 274 g/mol. The molecule has 1 aliphatic rings. The number of hydrogen-bond acceptors (Lipinski definition) is 2. The standard InChI is InChI=1S/C19H31NS/c1-4-16-5-9-18(10-6-16)21-19-11-7-17(8-12-19)14-20-13-15(2)3/h7-8,11-12,15-16,18,20H,4-6,9-10,13-14H2,1-3H3. The van der Waals surface area contributed by atoms with Crippen LogP contribution < -0.4 is 5.32 Å². The van der Waals surface area contributed by atoms with E-state index in [1.807, 2.05) is 0 Å². The van der Waals surface area contributed by atoms with Gasteiger partial charge in [0.05, 0.1) is 0 Å². The van der Waals surface area contributed by atoms with Gasteiger partial charge in [-0.1, -0.05) is 39.3 Å². The van der Waals surface area contributed by atoms with Crippen molar-refractivity contribution in [1.29, 1.82) is 0 Å². The Hall–Kier alpha value is -0.470. The topological polar surface area (TPSA) is 12.0 Å². The van der Waals surface area contributed by atoms with Crippen LogP contribution in [-0.2, 0) is 6.54 Å². The molecule has 21 heavy (non-hydrogen) atoms. The Kier molecular flexibility index (Phi) is 7.12. The molecule has 0 saturated heterocycles. The molecule has 2 heteroatoms. The highest BCUT2D eigenvalue weighted by molar-refractivity contribution is 8.00. The number of hydrogen-bond donors (Lipinski definition) is 1. The Bertz CT molecular complexity index is 391. The molecule has 0 aliphatic heterocycles. The van der Waals surface area contributed by atoms with Crippen molar-refractivity contribution in [2.45, 2.75) is 69.6 Å². The third-order valence-electron chi connectivity index (χ3n) is 4.48. The second kappa shape index (κ2) is 8.85. The maximum absolute atomic E-state index is 3.51. The zero-order valence-electron chi connectivity index (χ0n) is 13.9. The molecule has 0 heterocycles. The van der Waals surface area contributed by atoms with Crippen LogP contribution in [0.1, 0.15) is 58.4 Å². The Morgan fingerprint density at radius 2 is 1.76 bits per heavy atom. The van der Waals surface area contributed by atoms with Gasteiger partial charge < -0.3 is 5.32 Å². The van der Waals surface area contributed by atoms with Crippen LogP contribution in [0.4, 0.5) is 0 Å². The minimum absolute atomic E-state index is 0.720. The lowest BCUT2D eigenvalue weighted by Gasteiger charge is -2.27. The van der Waals surface area contributed by atoms with Gasteiger partial charge in [-0.3, -0.25) is 0 Å². The molecule has 0 radical (unpaired) electrons. The SMILES string of the molecule is CCC1CCC(Sc2ccc(CNCC(C)C)cc2)CC1. The van der Waals surface area contributed by atoms with Gasteiger partial charge in [0.1, 0.15) is 0 Å². The van der Waals surface area contributed by atoms with E-state index in [9.17, 15) is 0 Å². The fourth-order valence-corrected chi connectivity index (χ4v) is 4.23. The third kappa shape index (κ3) is 6.04. The van der Waals surface area contributed by atoms with Crippen LogP contribution in [0.15, 0.2) is 29.2 Å². The number of rotatable bonds is 7. The van der Waals surface area contributed by atoms with E-state index in [0.717, 1.165) is 30.2 Å². The molecule has 1 aromatic rings. The van der Waals surface area contributed by atoms with Gasteiger partial charge >= 0.3 is 0 Å². The van der Waals surface area contributed by atoms with Gasteiger partial charge in [0.2, 0.25) is 0 Å². The Morgan fingerprint density at radius 3 is 2.33 bits per heavy atom. The molecule has 0 spiro atoms. The fourth-order valence-electron chi connectivity index (χ4n) is 3.04. The van der Waals surface area contributed by atoms with Crippen molar-refractivity contribution in [2.24, 2.45) is 11.8 Å². The van der Waals surface area contributed by atoms with Crippen LogP contribution >= 0.6 is 11.8 Å². The smallest absolute Gasteiger partial charge is 0.0205 e. The number of benzene rings is 1. The molecule has 1 saturated carbocycles. The highest BCUT2D eigenvalue weighted by atomic mass is 32.2. The van der Waals surface area contributed by atoms with Crippen LogP contribution in [-0.4, -0.2) is 11.8 Å². The lowest BCUT2D eigenvalue weighted by Crippen LogP contribution is -2.18. The van der Waals surface area contributed by atoms with E-state index < -0.39 is 0 Å². The lowest BCUT2D eigenvalue weighted by atomic mass is 9.87. The molecule has 1 aliphatic carbocycles. The summed E-state index contributed by atoms with van der Waals surface area (Å²) in [5, 5.41) is 4.35. The van der Waals surface area contributed by atoms with Crippen LogP contribution in [0.3, 0.4) is 0 Å². The summed E-state index contributed by atoms with van der Waals surface area (Å²) < 4.78 is 0. The van der Waals surface area contributed by atoms with Crippen molar-refractivity contribution in [3.8, 4) is 0 Å². The largest absolute Gasteiger partial charge is 0.312 e. The van der Waals surface area contributed by atoms with Crippen molar-refractivity contribution in [3.05, 3.63) is 29.8 Å². The van der Waals surface area contributed by atoms with E-state index in [1.165, 1.54) is 42.6 Å². The van der Waals surface area contributed by atoms with Gasteiger partial charge in [-0.25, -0.2) is 0 Å². The summed E-state index contributed by atoms with van der Waals surface area (Å²) in [6, 6.07) is 9.19. The molecule has 0 amide bonds. The van der Waals surface area contributed by atoms with Crippen LogP contribution in [0, 0.1) is 11.8 Å². The van der Waals surface area contributed by atoms with Crippen molar-refractivity contribution >= 4 is 11.8 Å². The van der Waals surface area contributed by atoms with Crippen LogP contribution in [0.2, 0.25) is 0 Å². The zero-order chi connectivity index (χ0) is 15.1. The highest BCUT2D eigenvalue weighted by Gasteiger charge is 2.20. The van der Waals surface area contributed by atoms with E-state index in [2.05, 4.69) is 62.1 Å². The Morgan fingerprint density at radius 1 is 1.10 bits per heavy atom. The highest BCUT2D eigenvalue weighted by Crippen LogP contribution is 2.36. The van der Waals surface area contributed by atoms with Crippen molar-refractivity contribution in [2.75, 3.05) is 6.54 Å². The predicted octanol–water partition coefficient (Wildman–Crippen LogP) is 5.49. The molecule has 0 aromatic heterocycles. The summed E-state index contributed by atoms with van der Waals surface area (Å²) in [5.41, 5.74) is 1.40. The summed E-state index contributed by atoms with van der Waals surface area (Å²) in [5.74, 6) is 1.72. The van der Waals surface area contributed by atoms with Crippen LogP contribution in [0.25, 0.3) is 0 Å². The monoisotopic (exact) mass is 305 g/mol. The second-order valence-electron chi connectivity index (χ2n) is 6.84. The average Bonchev–Trinajstić information content (AvgIpc) is 2.49. The van der Waals surface area contributed by atoms with Crippen LogP contribution in [0.5, 0.6) is 0 Å². The van der Waals surface area contributed by atoms with Gasteiger partial charge in [-0.2, -0.15) is 0 Å². The average molecular weight is 306 g/mol. The first-order chi connectivity index (χ1) is 10.2. The molecular formula is C19H31NS. The minimum atomic E-state index is 0.720. The normalized spacial score (nSPS) is 22.7. The quantitative estimate of drug-likeness (QED) is 0.714. The molecule has 0 atom stereocenters. The molecule has 0 unspecified atom stereocenters. The van der Waals surface area contributed by atoms with Crippen molar-refractivity contribution < 1.29 is 0 Å². The van der Waals surface area contributed by atoms with E-state index in [4.69, 9.17) is 0 Å². The van der Waals surface area contributed by atoms with E-state index in [-0.39, 0.29) is 0 Å². The van der Waals surface area contributed by atoms with Gasteiger partial charge in [0, 0.05) is 16.7 Å². The summed E-state index contributed by atoms with van der Waals surface area (Å²) in [6.45, 7) is 8.92. The number of thioether (sulfide) groups is 1. The van der Waals surface area contributed by atoms with Gasteiger partial charge in [-0.05, 0) is 61.8 Å². The lowest BCUT2D eigenvalue weighted by molar-refractivity contribution is 0.356. The fraction of sp³-hybridized carbons (Fsp3) is 0.684. The molecule has 2 rings (SSSR count). The first-order valence-electron chi connectivity index (χ1n) is 8.63. The van der Waals surface area contributed by atoms with Crippen molar-refractivity contribution in [3.63, 3.8) is 0 Å². The minimum Gasteiger partial charge on any atom is -0.312 e. The molecule has 1 aromatic carbocycles. The second-order valence-corrected chi connectivity index (χ2v) is 8.21.